The van der Waals surface area contributed by atoms with Crippen molar-refractivity contribution in [1.82, 2.24) is 10.2 Å². The number of likely N-dealkylation sites (tertiary alicyclic amines) is 1. The second-order valence-electron chi connectivity index (χ2n) is 4.52. The molecule has 3 nitrogen and oxygen atoms in total. The number of rotatable bonds is 6. The van der Waals surface area contributed by atoms with E-state index in [1.807, 2.05) is 0 Å². The Kier molecular flexibility index (Phi) is 6.16. The largest absolute Gasteiger partial charge is 0.386 e. The van der Waals surface area contributed by atoms with Crippen LogP contribution in [0, 0.1) is 0 Å². The quantitative estimate of drug-likeness (QED) is 0.677. The molecule has 1 heterocycles. The van der Waals surface area contributed by atoms with Crippen molar-refractivity contribution in [2.24, 2.45) is 0 Å². The van der Waals surface area contributed by atoms with Crippen LogP contribution in [0.3, 0.4) is 0 Å². The molecule has 0 aromatic rings. The van der Waals surface area contributed by atoms with Gasteiger partial charge in [-0.15, -0.1) is 0 Å². The zero-order chi connectivity index (χ0) is 12.0. The number of hydrogen-bond acceptors (Lipinski definition) is 3. The summed E-state index contributed by atoms with van der Waals surface area (Å²) >= 11 is 0. The van der Waals surface area contributed by atoms with Crippen molar-refractivity contribution in [2.45, 2.75) is 44.3 Å². The number of hydrogen-bond donors (Lipinski definition) is 2. The molecular weight excluding hydrogens is 214 g/mol. The highest BCUT2D eigenvalue weighted by atomic mass is 19.3. The highest BCUT2D eigenvalue weighted by Crippen LogP contribution is 2.16. The Balaban J connectivity index is 2.06. The third-order valence-electron chi connectivity index (χ3n) is 3.22. The molecule has 1 saturated heterocycles. The van der Waals surface area contributed by atoms with Crippen molar-refractivity contribution >= 4 is 0 Å². The van der Waals surface area contributed by atoms with Gasteiger partial charge in [0.05, 0.1) is 0 Å². The molecule has 96 valence electrons. The fourth-order valence-electron chi connectivity index (χ4n) is 2.12. The van der Waals surface area contributed by atoms with E-state index in [2.05, 4.69) is 17.3 Å². The van der Waals surface area contributed by atoms with E-state index >= 15 is 0 Å². The van der Waals surface area contributed by atoms with Crippen molar-refractivity contribution in [1.29, 1.82) is 0 Å². The smallest absolute Gasteiger partial charge is 0.265 e. The van der Waals surface area contributed by atoms with Crippen molar-refractivity contribution in [3.05, 3.63) is 0 Å². The summed E-state index contributed by atoms with van der Waals surface area (Å²) in [4.78, 5) is 2.33. The van der Waals surface area contributed by atoms with Gasteiger partial charge in [0.2, 0.25) is 0 Å². The molecule has 0 aromatic carbocycles. The number of alkyl halides is 2. The monoisotopic (exact) mass is 236 g/mol. The zero-order valence-electron chi connectivity index (χ0n) is 9.83. The Bertz CT molecular complexity index is 193. The van der Waals surface area contributed by atoms with Gasteiger partial charge in [0.25, 0.3) is 6.43 Å². The first-order valence-corrected chi connectivity index (χ1v) is 5.98. The van der Waals surface area contributed by atoms with E-state index in [9.17, 15) is 8.78 Å². The van der Waals surface area contributed by atoms with Gasteiger partial charge in [0.15, 0.2) is 0 Å². The van der Waals surface area contributed by atoms with Gasteiger partial charge in [-0.25, -0.2) is 8.78 Å². The minimum Gasteiger partial charge on any atom is -0.386 e. The van der Waals surface area contributed by atoms with Crippen molar-refractivity contribution < 1.29 is 13.9 Å². The lowest BCUT2D eigenvalue weighted by Crippen LogP contribution is -2.39. The number of nitrogens with zero attached hydrogens (tertiary/aromatic N) is 1. The molecule has 0 aliphatic carbocycles. The molecule has 1 aliphatic heterocycles. The van der Waals surface area contributed by atoms with Crippen LogP contribution in [-0.4, -0.2) is 55.3 Å². The molecule has 2 N–H and O–H groups in total. The van der Waals surface area contributed by atoms with Crippen molar-refractivity contribution in [3.8, 4) is 0 Å². The lowest BCUT2D eigenvalue weighted by atomic mass is 10.0. The standard InChI is InChI=1S/C11H22F2N2O/c1-15-7-3-2-4-9(15)5-6-14-8-10(16)11(12)13/h9-11,14,16H,2-8H2,1H3. The van der Waals surface area contributed by atoms with Crippen molar-refractivity contribution in [2.75, 3.05) is 26.7 Å². The van der Waals surface area contributed by atoms with Crippen LogP contribution in [0.2, 0.25) is 0 Å². The summed E-state index contributed by atoms with van der Waals surface area (Å²) in [5.74, 6) is 0. The average Bonchev–Trinajstić information content (AvgIpc) is 2.26. The molecule has 1 fully saturated rings. The third kappa shape index (κ3) is 4.72. The molecule has 1 aliphatic rings. The van der Waals surface area contributed by atoms with Gasteiger partial charge >= 0.3 is 0 Å². The van der Waals surface area contributed by atoms with Crippen LogP contribution in [0.25, 0.3) is 0 Å². The molecular formula is C11H22F2N2O. The Morgan fingerprint density at radius 2 is 2.19 bits per heavy atom. The second kappa shape index (κ2) is 7.14. The summed E-state index contributed by atoms with van der Waals surface area (Å²) < 4.78 is 23.9. The van der Waals surface area contributed by atoms with E-state index in [0.717, 1.165) is 13.0 Å². The predicted molar refractivity (Wildman–Crippen MR) is 59.8 cm³/mol. The predicted octanol–water partition coefficient (Wildman–Crippen LogP) is 1.08. The molecule has 0 saturated carbocycles. The normalized spacial score (nSPS) is 24.9. The van der Waals surface area contributed by atoms with E-state index in [1.165, 1.54) is 19.3 Å². The molecule has 0 bridgehead atoms. The minimum absolute atomic E-state index is 0.0197. The molecule has 2 atom stereocenters. The van der Waals surface area contributed by atoms with E-state index < -0.39 is 12.5 Å². The summed E-state index contributed by atoms with van der Waals surface area (Å²) in [5.41, 5.74) is 0. The SMILES string of the molecule is CN1CCCCC1CCNCC(O)C(F)F. The van der Waals surface area contributed by atoms with Gasteiger partial charge < -0.3 is 15.3 Å². The first kappa shape index (κ1) is 13.8. The van der Waals surface area contributed by atoms with Crippen LogP contribution in [0.15, 0.2) is 0 Å². The Hall–Kier alpha value is -0.260. The van der Waals surface area contributed by atoms with Gasteiger partial charge in [-0.05, 0) is 39.4 Å². The Morgan fingerprint density at radius 1 is 1.44 bits per heavy atom. The number of aliphatic hydroxyl groups excluding tert-OH is 1. The summed E-state index contributed by atoms with van der Waals surface area (Å²) in [7, 11) is 2.11. The molecule has 2 unspecified atom stereocenters. The third-order valence-corrected chi connectivity index (χ3v) is 3.22. The summed E-state index contributed by atoms with van der Waals surface area (Å²) in [6, 6.07) is 0.560. The van der Waals surface area contributed by atoms with E-state index in [-0.39, 0.29) is 6.54 Å². The minimum atomic E-state index is -2.65. The van der Waals surface area contributed by atoms with Gasteiger partial charge in [-0.1, -0.05) is 6.42 Å². The topological polar surface area (TPSA) is 35.5 Å². The van der Waals surface area contributed by atoms with Gasteiger partial charge in [0, 0.05) is 12.6 Å². The van der Waals surface area contributed by atoms with Crippen LogP contribution in [-0.2, 0) is 0 Å². The number of nitrogens with one attached hydrogen (secondary N) is 1. The van der Waals surface area contributed by atoms with Crippen LogP contribution < -0.4 is 5.32 Å². The highest BCUT2D eigenvalue weighted by molar-refractivity contribution is 4.75. The number of aliphatic hydroxyl groups is 1. The maximum atomic E-state index is 12.0. The maximum Gasteiger partial charge on any atom is 0.265 e. The summed E-state index contributed by atoms with van der Waals surface area (Å²) in [6.07, 6.45) is 0.482. The lowest BCUT2D eigenvalue weighted by Gasteiger charge is -2.32. The van der Waals surface area contributed by atoms with Crippen molar-refractivity contribution in [3.63, 3.8) is 0 Å². The molecule has 16 heavy (non-hydrogen) atoms. The fraction of sp³-hybridized carbons (Fsp3) is 1.00. The number of piperidine rings is 1. The van der Waals surface area contributed by atoms with Crippen LogP contribution in [0.4, 0.5) is 8.78 Å². The van der Waals surface area contributed by atoms with Gasteiger partial charge in [0.1, 0.15) is 6.10 Å². The highest BCUT2D eigenvalue weighted by Gasteiger charge is 2.19. The first-order valence-electron chi connectivity index (χ1n) is 5.98. The van der Waals surface area contributed by atoms with Crippen LogP contribution in [0.5, 0.6) is 0 Å². The molecule has 0 radical (unpaired) electrons. The lowest BCUT2D eigenvalue weighted by molar-refractivity contribution is -0.00342. The molecule has 0 aromatic heterocycles. The first-order chi connectivity index (χ1) is 7.61. The fourth-order valence-corrected chi connectivity index (χ4v) is 2.12. The molecule has 0 amide bonds. The molecule has 0 spiro atoms. The molecule has 5 heteroatoms. The Labute approximate surface area is 95.8 Å². The summed E-state index contributed by atoms with van der Waals surface area (Å²) in [6.45, 7) is 1.80. The van der Waals surface area contributed by atoms with E-state index in [1.54, 1.807) is 0 Å². The van der Waals surface area contributed by atoms with Gasteiger partial charge in [-0.2, -0.15) is 0 Å². The van der Waals surface area contributed by atoms with Crippen LogP contribution >= 0.6 is 0 Å². The zero-order valence-corrected chi connectivity index (χ0v) is 9.83. The average molecular weight is 236 g/mol. The number of halogens is 2. The second-order valence-corrected chi connectivity index (χ2v) is 4.52. The van der Waals surface area contributed by atoms with Gasteiger partial charge in [-0.3, -0.25) is 0 Å². The maximum absolute atomic E-state index is 12.0. The van der Waals surface area contributed by atoms with E-state index in [0.29, 0.717) is 12.6 Å². The van der Waals surface area contributed by atoms with Crippen LogP contribution in [0.1, 0.15) is 25.7 Å². The molecule has 1 rings (SSSR count). The summed E-state index contributed by atoms with van der Waals surface area (Å²) in [5, 5.41) is 11.8. The Morgan fingerprint density at radius 3 is 2.81 bits per heavy atom. The van der Waals surface area contributed by atoms with E-state index in [4.69, 9.17) is 5.11 Å².